The van der Waals surface area contributed by atoms with E-state index in [-0.39, 0.29) is 5.41 Å². The first-order valence-electron chi connectivity index (χ1n) is 4.64. The van der Waals surface area contributed by atoms with Crippen molar-refractivity contribution in [2.75, 3.05) is 19.7 Å². The molecule has 0 saturated carbocycles. The maximum atomic E-state index is 9.23. The van der Waals surface area contributed by atoms with Crippen LogP contribution >= 0.6 is 0 Å². The van der Waals surface area contributed by atoms with Gasteiger partial charge in [0.05, 0.1) is 0 Å². The van der Waals surface area contributed by atoms with E-state index in [2.05, 4.69) is 12.2 Å². The minimum Gasteiger partial charge on any atom is -0.396 e. The zero-order valence-corrected chi connectivity index (χ0v) is 7.40. The number of aliphatic hydroxyl groups is 1. The van der Waals surface area contributed by atoms with E-state index >= 15 is 0 Å². The average Bonchev–Trinajstić information content (AvgIpc) is 2.07. The van der Waals surface area contributed by atoms with Gasteiger partial charge in [-0.15, -0.1) is 0 Å². The van der Waals surface area contributed by atoms with Crippen LogP contribution in [0.1, 0.15) is 32.6 Å². The van der Waals surface area contributed by atoms with Crippen LogP contribution in [-0.4, -0.2) is 24.8 Å². The molecule has 0 aromatic heterocycles. The lowest BCUT2D eigenvalue weighted by molar-refractivity contribution is 0.0851. The minimum absolute atomic E-state index is 0.215. The first-order valence-corrected chi connectivity index (χ1v) is 4.64. The fraction of sp³-hybridized carbons (Fsp3) is 1.00. The summed E-state index contributed by atoms with van der Waals surface area (Å²) < 4.78 is 0. The molecule has 0 radical (unpaired) electrons. The van der Waals surface area contributed by atoms with Crippen LogP contribution in [0.3, 0.4) is 0 Å². The molecule has 1 aliphatic heterocycles. The summed E-state index contributed by atoms with van der Waals surface area (Å²) in [5, 5.41) is 12.6. The van der Waals surface area contributed by atoms with Crippen LogP contribution in [0.5, 0.6) is 0 Å². The summed E-state index contributed by atoms with van der Waals surface area (Å²) in [6, 6.07) is 0. The van der Waals surface area contributed by atoms with Gasteiger partial charge in [0.1, 0.15) is 0 Å². The fourth-order valence-electron chi connectivity index (χ4n) is 1.99. The lowest BCUT2D eigenvalue weighted by Crippen LogP contribution is -2.42. The number of rotatable bonds is 3. The highest BCUT2D eigenvalue weighted by molar-refractivity contribution is 4.84. The third-order valence-corrected chi connectivity index (χ3v) is 2.68. The predicted octanol–water partition coefficient (Wildman–Crippen LogP) is 1.15. The molecule has 1 saturated heterocycles. The second-order valence-electron chi connectivity index (χ2n) is 3.69. The van der Waals surface area contributed by atoms with Gasteiger partial charge in [0.25, 0.3) is 0 Å². The van der Waals surface area contributed by atoms with Crippen molar-refractivity contribution in [3.8, 4) is 0 Å². The van der Waals surface area contributed by atoms with E-state index in [1.807, 2.05) is 0 Å². The van der Waals surface area contributed by atoms with Gasteiger partial charge in [-0.25, -0.2) is 0 Å². The van der Waals surface area contributed by atoms with Crippen molar-refractivity contribution in [2.45, 2.75) is 32.6 Å². The molecule has 0 aliphatic carbocycles. The molecular formula is C9H19NO. The first kappa shape index (κ1) is 9.01. The standard InChI is InChI=1S/C9H19NO/c1-2-4-9(8-11)5-3-6-10-7-9/h10-11H,2-8H2,1H3/t9-/m1/s1. The number of aliphatic hydroxyl groups excluding tert-OH is 1. The summed E-state index contributed by atoms with van der Waals surface area (Å²) in [6.45, 7) is 4.68. The SMILES string of the molecule is CCC[C@@]1(CO)CCCNC1. The van der Waals surface area contributed by atoms with Crippen molar-refractivity contribution in [3.05, 3.63) is 0 Å². The van der Waals surface area contributed by atoms with Gasteiger partial charge in [-0.2, -0.15) is 0 Å². The molecule has 66 valence electrons. The van der Waals surface area contributed by atoms with E-state index in [0.717, 1.165) is 19.5 Å². The molecule has 0 bridgehead atoms. The normalized spacial score (nSPS) is 32.2. The summed E-state index contributed by atoms with van der Waals surface area (Å²) in [5.74, 6) is 0. The molecule has 0 spiro atoms. The van der Waals surface area contributed by atoms with Crippen LogP contribution in [0, 0.1) is 5.41 Å². The van der Waals surface area contributed by atoms with Crippen LogP contribution < -0.4 is 5.32 Å². The molecule has 11 heavy (non-hydrogen) atoms. The monoisotopic (exact) mass is 157 g/mol. The predicted molar refractivity (Wildman–Crippen MR) is 46.5 cm³/mol. The van der Waals surface area contributed by atoms with E-state index in [0.29, 0.717) is 6.61 Å². The lowest BCUT2D eigenvalue weighted by Gasteiger charge is -2.35. The van der Waals surface area contributed by atoms with Crippen LogP contribution in [0.15, 0.2) is 0 Å². The van der Waals surface area contributed by atoms with E-state index in [1.165, 1.54) is 19.3 Å². The van der Waals surface area contributed by atoms with Gasteiger partial charge in [-0.05, 0) is 25.8 Å². The van der Waals surface area contributed by atoms with Gasteiger partial charge in [-0.1, -0.05) is 13.3 Å². The molecule has 2 nitrogen and oxygen atoms in total. The fourth-order valence-corrected chi connectivity index (χ4v) is 1.99. The summed E-state index contributed by atoms with van der Waals surface area (Å²) in [4.78, 5) is 0. The molecule has 1 atom stereocenters. The summed E-state index contributed by atoms with van der Waals surface area (Å²) >= 11 is 0. The smallest absolute Gasteiger partial charge is 0.0499 e. The van der Waals surface area contributed by atoms with Gasteiger partial charge < -0.3 is 10.4 Å². The largest absolute Gasteiger partial charge is 0.396 e. The third-order valence-electron chi connectivity index (χ3n) is 2.68. The minimum atomic E-state index is 0.215. The molecule has 1 fully saturated rings. The Labute approximate surface area is 69.0 Å². The number of piperidine rings is 1. The zero-order chi connectivity index (χ0) is 8.16. The van der Waals surface area contributed by atoms with Crippen molar-refractivity contribution in [1.82, 2.24) is 5.32 Å². The van der Waals surface area contributed by atoms with Gasteiger partial charge >= 0.3 is 0 Å². The Morgan fingerprint density at radius 1 is 1.55 bits per heavy atom. The molecule has 2 heteroatoms. The molecule has 0 unspecified atom stereocenters. The molecule has 0 amide bonds. The van der Waals surface area contributed by atoms with Gasteiger partial charge in [-0.3, -0.25) is 0 Å². The topological polar surface area (TPSA) is 32.3 Å². The highest BCUT2D eigenvalue weighted by Crippen LogP contribution is 2.30. The second kappa shape index (κ2) is 4.07. The van der Waals surface area contributed by atoms with E-state index in [4.69, 9.17) is 0 Å². The Morgan fingerprint density at radius 3 is 2.82 bits per heavy atom. The van der Waals surface area contributed by atoms with E-state index in [1.54, 1.807) is 0 Å². The second-order valence-corrected chi connectivity index (χ2v) is 3.69. The molecule has 0 aromatic carbocycles. The van der Waals surface area contributed by atoms with Crippen molar-refractivity contribution < 1.29 is 5.11 Å². The van der Waals surface area contributed by atoms with Crippen molar-refractivity contribution in [1.29, 1.82) is 0 Å². The van der Waals surface area contributed by atoms with Crippen LogP contribution in [0.2, 0.25) is 0 Å². The first-order chi connectivity index (χ1) is 5.33. The molecular weight excluding hydrogens is 138 g/mol. The van der Waals surface area contributed by atoms with Crippen LogP contribution in [0.25, 0.3) is 0 Å². The maximum absolute atomic E-state index is 9.23. The average molecular weight is 157 g/mol. The van der Waals surface area contributed by atoms with Crippen molar-refractivity contribution in [2.24, 2.45) is 5.41 Å². The van der Waals surface area contributed by atoms with Crippen LogP contribution in [-0.2, 0) is 0 Å². The molecule has 1 heterocycles. The summed E-state index contributed by atoms with van der Waals surface area (Å²) in [5.41, 5.74) is 0.215. The van der Waals surface area contributed by atoms with E-state index < -0.39 is 0 Å². The Balaban J connectivity index is 2.42. The lowest BCUT2D eigenvalue weighted by atomic mass is 9.78. The highest BCUT2D eigenvalue weighted by atomic mass is 16.3. The summed E-state index contributed by atoms with van der Waals surface area (Å²) in [7, 11) is 0. The van der Waals surface area contributed by atoms with Gasteiger partial charge in [0.15, 0.2) is 0 Å². The van der Waals surface area contributed by atoms with Crippen molar-refractivity contribution >= 4 is 0 Å². The Hall–Kier alpha value is -0.0800. The van der Waals surface area contributed by atoms with Gasteiger partial charge in [0, 0.05) is 18.6 Å². The Morgan fingerprint density at radius 2 is 2.36 bits per heavy atom. The Kier molecular flexibility index (Phi) is 3.34. The molecule has 1 aliphatic rings. The van der Waals surface area contributed by atoms with Crippen molar-refractivity contribution in [3.63, 3.8) is 0 Å². The van der Waals surface area contributed by atoms with Crippen LogP contribution in [0.4, 0.5) is 0 Å². The Bertz CT molecular complexity index is 103. The molecule has 0 aromatic rings. The molecule has 1 rings (SSSR count). The number of nitrogens with one attached hydrogen (secondary N) is 1. The highest BCUT2D eigenvalue weighted by Gasteiger charge is 2.29. The number of hydrogen-bond acceptors (Lipinski definition) is 2. The number of hydrogen-bond donors (Lipinski definition) is 2. The summed E-state index contributed by atoms with van der Waals surface area (Å²) in [6.07, 6.45) is 4.77. The van der Waals surface area contributed by atoms with E-state index in [9.17, 15) is 5.11 Å². The maximum Gasteiger partial charge on any atom is 0.0499 e. The van der Waals surface area contributed by atoms with Gasteiger partial charge in [0.2, 0.25) is 0 Å². The zero-order valence-electron chi connectivity index (χ0n) is 7.40. The third kappa shape index (κ3) is 2.17. The molecule has 2 N–H and O–H groups in total. The quantitative estimate of drug-likeness (QED) is 0.644.